The fourth-order valence-corrected chi connectivity index (χ4v) is 2.60. The average molecular weight is 276 g/mol. The molecule has 1 N–H and O–H groups in total. The van der Waals surface area contributed by atoms with Gasteiger partial charge in [-0.2, -0.15) is 0 Å². The van der Waals surface area contributed by atoms with E-state index in [1.165, 1.54) is 12.1 Å². The summed E-state index contributed by atoms with van der Waals surface area (Å²) in [5.74, 6) is 0.310. The number of furan rings is 1. The number of non-ortho nitro benzene ring substituents is 1. The van der Waals surface area contributed by atoms with Crippen LogP contribution in [0, 0.1) is 15.9 Å². The van der Waals surface area contributed by atoms with Gasteiger partial charge in [0, 0.05) is 23.7 Å². The van der Waals surface area contributed by atoms with E-state index in [4.69, 9.17) is 4.42 Å². The van der Waals surface area contributed by atoms with Gasteiger partial charge < -0.3 is 9.73 Å². The maximum absolute atomic E-state index is 13.4. The van der Waals surface area contributed by atoms with Crippen LogP contribution in [0.15, 0.2) is 34.9 Å². The Balaban J connectivity index is 1.88. The molecule has 1 aromatic heterocycles. The van der Waals surface area contributed by atoms with Crippen molar-refractivity contribution in [2.24, 2.45) is 0 Å². The van der Waals surface area contributed by atoms with Gasteiger partial charge in [0.2, 0.25) is 0 Å². The second kappa shape index (κ2) is 4.96. The van der Waals surface area contributed by atoms with E-state index in [9.17, 15) is 14.5 Å². The quantitative estimate of drug-likeness (QED) is 0.683. The molecule has 1 aliphatic rings. The minimum Gasteiger partial charge on any atom is -0.469 e. The van der Waals surface area contributed by atoms with Crippen molar-refractivity contribution in [1.29, 1.82) is 0 Å². The molecule has 20 heavy (non-hydrogen) atoms. The molecule has 1 aromatic carbocycles. The molecule has 104 valence electrons. The fourth-order valence-electron chi connectivity index (χ4n) is 2.60. The molecular weight excluding hydrogens is 263 g/mol. The zero-order valence-electron chi connectivity index (χ0n) is 10.6. The summed E-state index contributed by atoms with van der Waals surface area (Å²) in [6.45, 7) is 0. The number of aryl methyl sites for hydroxylation is 1. The van der Waals surface area contributed by atoms with Crippen LogP contribution in [0.1, 0.15) is 30.2 Å². The molecule has 0 bridgehead atoms. The van der Waals surface area contributed by atoms with Gasteiger partial charge in [-0.3, -0.25) is 10.1 Å². The smallest absolute Gasteiger partial charge is 0.274 e. The molecule has 0 saturated carbocycles. The van der Waals surface area contributed by atoms with Crippen LogP contribution in [-0.2, 0) is 6.42 Å². The first-order valence-electron chi connectivity index (χ1n) is 6.41. The number of halogens is 1. The molecular formula is C14H13FN2O3. The monoisotopic (exact) mass is 276 g/mol. The number of nitro benzene ring substituents is 1. The van der Waals surface area contributed by atoms with Crippen molar-refractivity contribution >= 4 is 11.4 Å². The van der Waals surface area contributed by atoms with E-state index in [2.05, 4.69) is 5.32 Å². The van der Waals surface area contributed by atoms with Crippen LogP contribution in [-0.4, -0.2) is 4.92 Å². The molecule has 1 unspecified atom stereocenters. The fraction of sp³-hybridized carbons (Fsp3) is 0.286. The van der Waals surface area contributed by atoms with Crippen LogP contribution >= 0.6 is 0 Å². The lowest BCUT2D eigenvalue weighted by atomic mass is 9.93. The summed E-state index contributed by atoms with van der Waals surface area (Å²) in [5, 5.41) is 13.9. The molecule has 0 aliphatic heterocycles. The van der Waals surface area contributed by atoms with Crippen molar-refractivity contribution in [1.82, 2.24) is 0 Å². The van der Waals surface area contributed by atoms with Gasteiger partial charge in [0.25, 0.3) is 5.69 Å². The van der Waals surface area contributed by atoms with Gasteiger partial charge in [-0.05, 0) is 25.0 Å². The number of fused-ring (bicyclic) bond motifs is 1. The Morgan fingerprint density at radius 1 is 1.40 bits per heavy atom. The third-order valence-corrected chi connectivity index (χ3v) is 3.49. The first-order valence-corrected chi connectivity index (χ1v) is 6.41. The Morgan fingerprint density at radius 3 is 3.05 bits per heavy atom. The van der Waals surface area contributed by atoms with Crippen LogP contribution in [0.4, 0.5) is 15.8 Å². The minimum atomic E-state index is -0.620. The number of rotatable bonds is 3. The zero-order valence-corrected chi connectivity index (χ0v) is 10.6. The number of hydrogen-bond donors (Lipinski definition) is 1. The average Bonchev–Trinajstić information content (AvgIpc) is 2.87. The van der Waals surface area contributed by atoms with Gasteiger partial charge in [-0.25, -0.2) is 4.39 Å². The van der Waals surface area contributed by atoms with Crippen LogP contribution in [0.25, 0.3) is 0 Å². The molecule has 0 fully saturated rings. The molecule has 5 nitrogen and oxygen atoms in total. The molecule has 0 amide bonds. The van der Waals surface area contributed by atoms with E-state index in [1.807, 2.05) is 6.07 Å². The first-order chi connectivity index (χ1) is 9.63. The standard InChI is InChI=1S/C14H13FN2O3/c15-9-6-10(8-11(7-9)17(18)19)16-13-2-1-3-14-12(13)4-5-20-14/h4-8,13,16H,1-3H2. The minimum absolute atomic E-state index is 0.00101. The molecule has 0 saturated heterocycles. The maximum atomic E-state index is 13.4. The number of nitrogens with zero attached hydrogens (tertiary/aromatic N) is 1. The highest BCUT2D eigenvalue weighted by Gasteiger charge is 2.23. The summed E-state index contributed by atoms with van der Waals surface area (Å²) >= 11 is 0. The maximum Gasteiger partial charge on any atom is 0.274 e. The Bertz CT molecular complexity index is 654. The highest BCUT2D eigenvalue weighted by molar-refractivity contribution is 5.53. The van der Waals surface area contributed by atoms with E-state index < -0.39 is 10.7 Å². The van der Waals surface area contributed by atoms with Gasteiger partial charge in [-0.15, -0.1) is 0 Å². The Kier molecular flexibility index (Phi) is 3.14. The van der Waals surface area contributed by atoms with Gasteiger partial charge in [0.05, 0.1) is 23.3 Å². The summed E-state index contributed by atoms with van der Waals surface area (Å²) in [6, 6.07) is 5.41. The topological polar surface area (TPSA) is 68.3 Å². The summed E-state index contributed by atoms with van der Waals surface area (Å²) in [6.07, 6.45) is 4.38. The number of benzene rings is 1. The third kappa shape index (κ3) is 2.36. The lowest BCUT2D eigenvalue weighted by molar-refractivity contribution is -0.385. The molecule has 1 heterocycles. The van der Waals surface area contributed by atoms with Crippen molar-refractivity contribution < 1.29 is 13.7 Å². The van der Waals surface area contributed by atoms with Crippen molar-refractivity contribution in [3.63, 3.8) is 0 Å². The van der Waals surface area contributed by atoms with E-state index in [0.29, 0.717) is 5.69 Å². The highest BCUT2D eigenvalue weighted by atomic mass is 19.1. The molecule has 6 heteroatoms. The van der Waals surface area contributed by atoms with Crippen molar-refractivity contribution in [2.75, 3.05) is 5.32 Å². The molecule has 1 atom stereocenters. The van der Waals surface area contributed by atoms with Crippen molar-refractivity contribution in [2.45, 2.75) is 25.3 Å². The lowest BCUT2D eigenvalue weighted by Crippen LogP contribution is -2.16. The third-order valence-electron chi connectivity index (χ3n) is 3.49. The van der Waals surface area contributed by atoms with Gasteiger partial charge >= 0.3 is 0 Å². The first kappa shape index (κ1) is 12.7. The Hall–Kier alpha value is -2.37. The van der Waals surface area contributed by atoms with Crippen LogP contribution in [0.3, 0.4) is 0 Å². The number of anilines is 1. The second-order valence-corrected chi connectivity index (χ2v) is 4.84. The van der Waals surface area contributed by atoms with E-state index >= 15 is 0 Å². The second-order valence-electron chi connectivity index (χ2n) is 4.84. The Morgan fingerprint density at radius 2 is 2.25 bits per heavy atom. The number of nitrogens with one attached hydrogen (secondary N) is 1. The van der Waals surface area contributed by atoms with Gasteiger partial charge in [0.1, 0.15) is 11.6 Å². The zero-order chi connectivity index (χ0) is 14.1. The summed E-state index contributed by atoms with van der Waals surface area (Å²) in [5.41, 5.74) is 1.20. The van der Waals surface area contributed by atoms with Crippen molar-refractivity contribution in [3.05, 3.63) is 57.8 Å². The van der Waals surface area contributed by atoms with Crippen LogP contribution in [0.5, 0.6) is 0 Å². The summed E-state index contributed by atoms with van der Waals surface area (Å²) in [4.78, 5) is 10.2. The molecule has 3 rings (SSSR count). The Labute approximate surface area is 114 Å². The van der Waals surface area contributed by atoms with E-state index in [1.54, 1.807) is 6.26 Å². The summed E-state index contributed by atoms with van der Waals surface area (Å²) < 4.78 is 18.8. The number of nitro groups is 1. The van der Waals surface area contributed by atoms with E-state index in [-0.39, 0.29) is 11.7 Å². The molecule has 0 radical (unpaired) electrons. The normalized spacial score (nSPS) is 17.6. The SMILES string of the molecule is O=[N+]([O-])c1cc(F)cc(NC2CCCc3occc32)c1. The number of hydrogen-bond acceptors (Lipinski definition) is 4. The van der Waals surface area contributed by atoms with E-state index in [0.717, 1.165) is 36.7 Å². The van der Waals surface area contributed by atoms with Crippen LogP contribution in [0.2, 0.25) is 0 Å². The van der Waals surface area contributed by atoms with Crippen LogP contribution < -0.4 is 5.32 Å². The lowest BCUT2D eigenvalue weighted by Gasteiger charge is -2.23. The molecule has 0 spiro atoms. The largest absolute Gasteiger partial charge is 0.469 e. The predicted molar refractivity (Wildman–Crippen MR) is 71.1 cm³/mol. The molecule has 2 aromatic rings. The van der Waals surface area contributed by atoms with Gasteiger partial charge in [0.15, 0.2) is 0 Å². The van der Waals surface area contributed by atoms with Crippen molar-refractivity contribution in [3.8, 4) is 0 Å². The highest BCUT2D eigenvalue weighted by Crippen LogP contribution is 2.34. The predicted octanol–water partition coefficient (Wildman–Crippen LogP) is 3.82. The summed E-state index contributed by atoms with van der Waals surface area (Å²) in [7, 11) is 0. The van der Waals surface area contributed by atoms with Gasteiger partial charge in [-0.1, -0.05) is 0 Å². The molecule has 1 aliphatic carbocycles.